The number of nitrogens with zero attached hydrogens (tertiary/aromatic N) is 2. The van der Waals surface area contributed by atoms with Crippen molar-refractivity contribution in [1.29, 1.82) is 0 Å². The Morgan fingerprint density at radius 1 is 0.926 bits per heavy atom. The highest BCUT2D eigenvalue weighted by molar-refractivity contribution is 5.88. The van der Waals surface area contributed by atoms with Crippen LogP contribution in [-0.2, 0) is 0 Å². The summed E-state index contributed by atoms with van der Waals surface area (Å²) in [4.78, 5) is 19.5. The molecule has 0 bridgehead atoms. The molecule has 136 valence electrons. The number of hydrogen-bond acceptors (Lipinski definition) is 7. The number of aromatic nitrogens is 2. The number of carboxylic acids is 1. The Bertz CT molecular complexity index is 976. The van der Waals surface area contributed by atoms with E-state index in [2.05, 4.69) is 20.6 Å². The van der Waals surface area contributed by atoms with Crippen LogP contribution >= 0.6 is 0 Å². The summed E-state index contributed by atoms with van der Waals surface area (Å²) in [6.07, 6.45) is 1.63. The molecule has 0 radical (unpaired) electrons. The van der Waals surface area contributed by atoms with E-state index in [1.165, 1.54) is 12.1 Å². The van der Waals surface area contributed by atoms with Crippen LogP contribution in [0.15, 0.2) is 54.7 Å². The molecule has 0 saturated heterocycles. The summed E-state index contributed by atoms with van der Waals surface area (Å²) in [5.41, 5.74) is 1.73. The van der Waals surface area contributed by atoms with E-state index in [0.29, 0.717) is 36.5 Å². The average Bonchev–Trinajstić information content (AvgIpc) is 2.69. The SMILES string of the molecule is O=C(O)c1ccc(Nc2ccnc(Nc3ccc4c(c3)OCCO4)n2)cc1. The van der Waals surface area contributed by atoms with E-state index in [9.17, 15) is 4.79 Å². The minimum Gasteiger partial charge on any atom is -0.486 e. The van der Waals surface area contributed by atoms with Gasteiger partial charge in [-0.15, -0.1) is 0 Å². The molecule has 3 aromatic rings. The summed E-state index contributed by atoms with van der Waals surface area (Å²) in [7, 11) is 0. The van der Waals surface area contributed by atoms with Gasteiger partial charge in [-0.05, 0) is 42.5 Å². The van der Waals surface area contributed by atoms with E-state index in [1.54, 1.807) is 24.4 Å². The van der Waals surface area contributed by atoms with Gasteiger partial charge in [0.1, 0.15) is 19.0 Å². The van der Waals surface area contributed by atoms with Crippen LogP contribution in [0.5, 0.6) is 11.5 Å². The van der Waals surface area contributed by atoms with Gasteiger partial charge in [0.25, 0.3) is 0 Å². The first kappa shape index (κ1) is 16.6. The molecule has 2 heterocycles. The molecule has 1 aromatic heterocycles. The standard InChI is InChI=1S/C19H16N4O4/c24-18(25)12-1-3-13(4-2-12)21-17-7-8-20-19(23-17)22-14-5-6-15-16(11-14)27-10-9-26-15/h1-8,11H,9-10H2,(H,24,25)(H2,20,21,22,23). The van der Waals surface area contributed by atoms with Crippen molar-refractivity contribution < 1.29 is 19.4 Å². The minimum absolute atomic E-state index is 0.226. The molecule has 1 aliphatic rings. The predicted molar refractivity (Wildman–Crippen MR) is 99.4 cm³/mol. The molecule has 1 aliphatic heterocycles. The summed E-state index contributed by atoms with van der Waals surface area (Å²) in [6, 6.07) is 13.7. The largest absolute Gasteiger partial charge is 0.486 e. The topological polar surface area (TPSA) is 106 Å². The van der Waals surface area contributed by atoms with E-state index < -0.39 is 5.97 Å². The van der Waals surface area contributed by atoms with E-state index >= 15 is 0 Å². The number of nitrogens with one attached hydrogen (secondary N) is 2. The second kappa shape index (κ2) is 7.20. The fourth-order valence-electron chi connectivity index (χ4n) is 2.58. The van der Waals surface area contributed by atoms with Crippen LogP contribution in [0, 0.1) is 0 Å². The summed E-state index contributed by atoms with van der Waals surface area (Å²) in [5.74, 6) is 1.42. The quantitative estimate of drug-likeness (QED) is 0.632. The maximum absolute atomic E-state index is 10.9. The maximum Gasteiger partial charge on any atom is 0.335 e. The first-order valence-electron chi connectivity index (χ1n) is 8.27. The van der Waals surface area contributed by atoms with Gasteiger partial charge in [-0.25, -0.2) is 9.78 Å². The first-order chi connectivity index (χ1) is 13.2. The van der Waals surface area contributed by atoms with Gasteiger partial charge in [-0.1, -0.05) is 0 Å². The zero-order valence-electron chi connectivity index (χ0n) is 14.2. The molecule has 0 spiro atoms. The Labute approximate surface area is 154 Å². The molecule has 8 nitrogen and oxygen atoms in total. The van der Waals surface area contributed by atoms with Crippen LogP contribution in [0.1, 0.15) is 10.4 Å². The van der Waals surface area contributed by atoms with E-state index in [0.717, 1.165) is 11.4 Å². The highest BCUT2D eigenvalue weighted by Crippen LogP contribution is 2.33. The van der Waals surface area contributed by atoms with Crippen molar-refractivity contribution >= 4 is 29.1 Å². The van der Waals surface area contributed by atoms with E-state index in [4.69, 9.17) is 14.6 Å². The molecule has 0 atom stereocenters. The van der Waals surface area contributed by atoms with Gasteiger partial charge in [-0.2, -0.15) is 4.98 Å². The van der Waals surface area contributed by atoms with Crippen LogP contribution in [0.3, 0.4) is 0 Å². The molecule has 0 amide bonds. The molecule has 0 fully saturated rings. The molecular weight excluding hydrogens is 348 g/mol. The third-order valence-corrected chi connectivity index (χ3v) is 3.86. The molecule has 0 unspecified atom stereocenters. The molecule has 4 rings (SSSR count). The third kappa shape index (κ3) is 3.90. The number of carboxylic acid groups (broad SMARTS) is 1. The maximum atomic E-state index is 10.9. The Kier molecular flexibility index (Phi) is 4.44. The van der Waals surface area contributed by atoms with Crippen LogP contribution in [-0.4, -0.2) is 34.3 Å². The van der Waals surface area contributed by atoms with E-state index in [1.807, 2.05) is 18.2 Å². The van der Waals surface area contributed by atoms with Crippen LogP contribution in [0.4, 0.5) is 23.1 Å². The predicted octanol–water partition coefficient (Wildman–Crippen LogP) is 3.43. The Hall–Kier alpha value is -3.81. The lowest BCUT2D eigenvalue weighted by Crippen LogP contribution is -2.15. The number of anilines is 4. The summed E-state index contributed by atoms with van der Waals surface area (Å²) in [6.45, 7) is 1.07. The molecule has 8 heteroatoms. The monoisotopic (exact) mass is 364 g/mol. The number of aromatic carboxylic acids is 1. The molecule has 2 aromatic carbocycles. The van der Waals surface area contributed by atoms with Gasteiger partial charge < -0.3 is 25.2 Å². The molecule has 0 aliphatic carbocycles. The fraction of sp³-hybridized carbons (Fsp3) is 0.105. The van der Waals surface area contributed by atoms with Crippen molar-refractivity contribution in [3.05, 3.63) is 60.3 Å². The molecule has 0 saturated carbocycles. The summed E-state index contributed by atoms with van der Waals surface area (Å²) < 4.78 is 11.1. The fourth-order valence-corrected chi connectivity index (χ4v) is 2.58. The van der Waals surface area contributed by atoms with Crippen molar-refractivity contribution in [3.8, 4) is 11.5 Å². The van der Waals surface area contributed by atoms with E-state index in [-0.39, 0.29) is 5.56 Å². The van der Waals surface area contributed by atoms with Gasteiger partial charge in [0.05, 0.1) is 5.56 Å². The van der Waals surface area contributed by atoms with Crippen LogP contribution < -0.4 is 20.1 Å². The zero-order valence-corrected chi connectivity index (χ0v) is 14.2. The van der Waals surface area contributed by atoms with Gasteiger partial charge in [0, 0.05) is 23.6 Å². The summed E-state index contributed by atoms with van der Waals surface area (Å²) in [5, 5.41) is 15.2. The van der Waals surface area contributed by atoms with Gasteiger partial charge in [-0.3, -0.25) is 0 Å². The number of ether oxygens (including phenoxy) is 2. The van der Waals surface area contributed by atoms with Crippen LogP contribution in [0.2, 0.25) is 0 Å². The minimum atomic E-state index is -0.963. The normalized spacial score (nSPS) is 12.3. The Morgan fingerprint density at radius 3 is 2.44 bits per heavy atom. The van der Waals surface area contributed by atoms with Crippen molar-refractivity contribution in [2.75, 3.05) is 23.8 Å². The molecular formula is C19H16N4O4. The van der Waals surface area contributed by atoms with Crippen LogP contribution in [0.25, 0.3) is 0 Å². The molecule has 3 N–H and O–H groups in total. The van der Waals surface area contributed by atoms with Gasteiger partial charge >= 0.3 is 5.97 Å². The van der Waals surface area contributed by atoms with Crippen molar-refractivity contribution in [3.63, 3.8) is 0 Å². The number of carbonyl (C=O) groups is 1. The lowest BCUT2D eigenvalue weighted by molar-refractivity contribution is 0.0697. The lowest BCUT2D eigenvalue weighted by Gasteiger charge is -2.19. The van der Waals surface area contributed by atoms with Crippen molar-refractivity contribution in [1.82, 2.24) is 9.97 Å². The smallest absolute Gasteiger partial charge is 0.335 e. The summed E-state index contributed by atoms with van der Waals surface area (Å²) >= 11 is 0. The number of rotatable bonds is 5. The van der Waals surface area contributed by atoms with Gasteiger partial charge in [0.2, 0.25) is 5.95 Å². The average molecular weight is 364 g/mol. The van der Waals surface area contributed by atoms with Gasteiger partial charge in [0.15, 0.2) is 11.5 Å². The number of hydrogen-bond donors (Lipinski definition) is 3. The van der Waals surface area contributed by atoms with Crippen molar-refractivity contribution in [2.24, 2.45) is 0 Å². The zero-order chi connectivity index (χ0) is 18.6. The number of benzene rings is 2. The lowest BCUT2D eigenvalue weighted by atomic mass is 10.2. The second-order valence-electron chi connectivity index (χ2n) is 5.76. The number of fused-ring (bicyclic) bond motifs is 1. The Morgan fingerprint density at radius 2 is 1.67 bits per heavy atom. The third-order valence-electron chi connectivity index (χ3n) is 3.86. The Balaban J connectivity index is 1.48. The highest BCUT2D eigenvalue weighted by atomic mass is 16.6. The first-order valence-corrected chi connectivity index (χ1v) is 8.27. The van der Waals surface area contributed by atoms with Crippen molar-refractivity contribution in [2.45, 2.75) is 0 Å². The highest BCUT2D eigenvalue weighted by Gasteiger charge is 2.12. The molecule has 27 heavy (non-hydrogen) atoms. The second-order valence-corrected chi connectivity index (χ2v) is 5.76.